The molecule has 0 amide bonds. The average molecular weight is 335 g/mol. The lowest BCUT2D eigenvalue weighted by Crippen LogP contribution is -2.45. The van der Waals surface area contributed by atoms with E-state index in [2.05, 4.69) is 25.1 Å². The van der Waals surface area contributed by atoms with Crippen LogP contribution in [0.1, 0.15) is 54.9 Å². The summed E-state index contributed by atoms with van der Waals surface area (Å²) in [6, 6.07) is 6.66. The second kappa shape index (κ2) is 5.30. The summed E-state index contributed by atoms with van der Waals surface area (Å²) in [5, 5.41) is -0.0956. The van der Waals surface area contributed by atoms with Crippen LogP contribution in [0.4, 0.5) is 0 Å². The van der Waals surface area contributed by atoms with Crippen LogP contribution in [0.15, 0.2) is 18.2 Å². The van der Waals surface area contributed by atoms with E-state index in [9.17, 15) is 8.42 Å². The molecule has 126 valence electrons. The molecule has 2 aliphatic carbocycles. The minimum absolute atomic E-state index is 0.0956. The van der Waals surface area contributed by atoms with Crippen LogP contribution in [0, 0.1) is 6.92 Å². The molecule has 3 aliphatic rings. The molecular formula is C18H25NO3S. The van der Waals surface area contributed by atoms with Crippen molar-refractivity contribution in [1.29, 1.82) is 0 Å². The van der Waals surface area contributed by atoms with E-state index >= 15 is 0 Å². The largest absolute Gasteiger partial charge is 0.377 e. The van der Waals surface area contributed by atoms with Gasteiger partial charge in [0, 0.05) is 25.6 Å². The summed E-state index contributed by atoms with van der Waals surface area (Å²) in [4.78, 5) is 0. The molecule has 1 aromatic rings. The number of sulfonamides is 1. The molecule has 0 N–H and O–H groups in total. The van der Waals surface area contributed by atoms with Crippen LogP contribution in [0.2, 0.25) is 0 Å². The predicted molar refractivity (Wildman–Crippen MR) is 90.0 cm³/mol. The van der Waals surface area contributed by atoms with Crippen molar-refractivity contribution in [3.63, 3.8) is 0 Å². The fraction of sp³-hybridized carbons (Fsp3) is 0.667. The van der Waals surface area contributed by atoms with Gasteiger partial charge in [0.1, 0.15) is 0 Å². The highest BCUT2D eigenvalue weighted by atomic mass is 32.2. The van der Waals surface area contributed by atoms with E-state index in [1.807, 2.05) is 0 Å². The number of methoxy groups -OCH3 is 1. The topological polar surface area (TPSA) is 46.6 Å². The smallest absolute Gasteiger partial charge is 0.216 e. The van der Waals surface area contributed by atoms with Gasteiger partial charge in [0.25, 0.3) is 0 Å². The Morgan fingerprint density at radius 3 is 2.52 bits per heavy atom. The second-order valence-electron chi connectivity index (χ2n) is 7.44. The number of rotatable bonds is 3. The summed E-state index contributed by atoms with van der Waals surface area (Å²) >= 11 is 0. The number of hydrogen-bond acceptors (Lipinski definition) is 3. The van der Waals surface area contributed by atoms with Gasteiger partial charge in [0.05, 0.1) is 11.4 Å². The molecule has 0 radical (unpaired) electrons. The third kappa shape index (κ3) is 2.44. The van der Waals surface area contributed by atoms with Gasteiger partial charge in [0.15, 0.2) is 0 Å². The molecule has 2 fully saturated rings. The molecule has 1 heterocycles. The molecule has 1 unspecified atom stereocenters. The average Bonchev–Trinajstić information content (AvgIpc) is 3.35. The Hall–Kier alpha value is -0.910. The predicted octanol–water partition coefficient (Wildman–Crippen LogP) is 2.91. The van der Waals surface area contributed by atoms with Crippen LogP contribution in [-0.2, 0) is 20.2 Å². The number of hydrogen-bond donors (Lipinski definition) is 0. The van der Waals surface area contributed by atoms with Crippen molar-refractivity contribution in [2.45, 2.75) is 55.8 Å². The van der Waals surface area contributed by atoms with E-state index in [0.717, 1.165) is 32.1 Å². The van der Waals surface area contributed by atoms with E-state index in [-0.39, 0.29) is 16.8 Å². The number of nitrogens with zero attached hydrogens (tertiary/aromatic N) is 1. The van der Waals surface area contributed by atoms with Crippen LogP contribution in [0.5, 0.6) is 0 Å². The molecule has 1 saturated heterocycles. The van der Waals surface area contributed by atoms with Gasteiger partial charge in [-0.05, 0) is 50.2 Å². The Morgan fingerprint density at radius 2 is 1.91 bits per heavy atom. The first-order valence-electron chi connectivity index (χ1n) is 8.59. The molecule has 1 aliphatic heterocycles. The Balaban J connectivity index is 1.60. The second-order valence-corrected chi connectivity index (χ2v) is 9.66. The van der Waals surface area contributed by atoms with Crippen molar-refractivity contribution in [3.05, 3.63) is 34.9 Å². The lowest BCUT2D eigenvalue weighted by molar-refractivity contribution is 0.0782. The number of benzene rings is 1. The van der Waals surface area contributed by atoms with E-state index in [0.29, 0.717) is 13.1 Å². The van der Waals surface area contributed by atoms with Crippen LogP contribution >= 0.6 is 0 Å². The van der Waals surface area contributed by atoms with Crippen molar-refractivity contribution >= 4 is 10.0 Å². The van der Waals surface area contributed by atoms with Gasteiger partial charge < -0.3 is 4.74 Å². The third-order valence-electron chi connectivity index (χ3n) is 5.97. The van der Waals surface area contributed by atoms with E-state index < -0.39 is 10.0 Å². The Bertz CT molecular complexity index is 716. The summed E-state index contributed by atoms with van der Waals surface area (Å²) in [5.74, 6) is 0. The lowest BCUT2D eigenvalue weighted by Gasteiger charge is -2.39. The summed E-state index contributed by atoms with van der Waals surface area (Å²) in [6.07, 6.45) is 4.65. The highest BCUT2D eigenvalue weighted by Gasteiger charge is 2.49. The molecule has 1 saturated carbocycles. The summed E-state index contributed by atoms with van der Waals surface area (Å²) in [7, 11) is -1.26. The molecule has 0 bridgehead atoms. The molecule has 0 aromatic heterocycles. The molecular weight excluding hydrogens is 310 g/mol. The summed E-state index contributed by atoms with van der Waals surface area (Å²) in [6.45, 7) is 3.42. The van der Waals surface area contributed by atoms with Crippen LogP contribution in [0.3, 0.4) is 0 Å². The summed E-state index contributed by atoms with van der Waals surface area (Å²) < 4.78 is 32.4. The normalized spacial score (nSPS) is 27.3. The standard InChI is InChI=1S/C18H25NO3S/c1-13-3-6-16-15(11-13)17(22-2)12-18(16)7-9-19(10-8-18)23(20,21)14-4-5-14/h3,6,11,14,17H,4-5,7-10,12H2,1-2H3. The van der Waals surface area contributed by atoms with Gasteiger partial charge in [-0.1, -0.05) is 23.8 Å². The van der Waals surface area contributed by atoms with E-state index in [1.54, 1.807) is 11.4 Å². The minimum Gasteiger partial charge on any atom is -0.377 e. The van der Waals surface area contributed by atoms with E-state index in [4.69, 9.17) is 4.74 Å². The number of ether oxygens (including phenoxy) is 1. The van der Waals surface area contributed by atoms with Gasteiger partial charge in [0.2, 0.25) is 10.0 Å². The van der Waals surface area contributed by atoms with Gasteiger partial charge in [-0.15, -0.1) is 0 Å². The zero-order valence-corrected chi connectivity index (χ0v) is 14.7. The first-order valence-corrected chi connectivity index (χ1v) is 10.1. The van der Waals surface area contributed by atoms with Gasteiger partial charge in [-0.25, -0.2) is 12.7 Å². The first-order chi connectivity index (χ1) is 11.0. The van der Waals surface area contributed by atoms with Crippen molar-refractivity contribution in [1.82, 2.24) is 4.31 Å². The quantitative estimate of drug-likeness (QED) is 0.853. The SMILES string of the molecule is COC1CC2(CCN(S(=O)(=O)C3CC3)CC2)c2ccc(C)cc21. The maximum Gasteiger partial charge on any atom is 0.216 e. The molecule has 1 aromatic carbocycles. The minimum atomic E-state index is -3.04. The number of fused-ring (bicyclic) bond motifs is 2. The Labute approximate surface area is 138 Å². The van der Waals surface area contributed by atoms with Gasteiger partial charge in [-0.3, -0.25) is 0 Å². The highest BCUT2D eigenvalue weighted by molar-refractivity contribution is 7.90. The zero-order chi connectivity index (χ0) is 16.2. The van der Waals surface area contributed by atoms with Gasteiger partial charge in [-0.2, -0.15) is 0 Å². The number of aryl methyl sites for hydroxylation is 1. The van der Waals surface area contributed by atoms with Crippen LogP contribution in [0.25, 0.3) is 0 Å². The summed E-state index contributed by atoms with van der Waals surface area (Å²) in [5.41, 5.74) is 4.06. The van der Waals surface area contributed by atoms with Gasteiger partial charge >= 0.3 is 0 Å². The molecule has 1 atom stereocenters. The molecule has 4 nitrogen and oxygen atoms in total. The first kappa shape index (κ1) is 15.6. The van der Waals surface area contributed by atoms with Crippen molar-refractivity contribution in [2.24, 2.45) is 0 Å². The third-order valence-corrected chi connectivity index (χ3v) is 8.37. The molecule has 1 spiro atoms. The fourth-order valence-corrected chi connectivity index (χ4v) is 6.28. The maximum atomic E-state index is 12.5. The van der Waals surface area contributed by atoms with E-state index in [1.165, 1.54) is 16.7 Å². The highest BCUT2D eigenvalue weighted by Crippen LogP contribution is 2.52. The van der Waals surface area contributed by atoms with Crippen LogP contribution < -0.4 is 0 Å². The Kier molecular flexibility index (Phi) is 3.59. The monoisotopic (exact) mass is 335 g/mol. The lowest BCUT2D eigenvalue weighted by atomic mass is 9.74. The van der Waals surface area contributed by atoms with Crippen LogP contribution in [-0.4, -0.2) is 38.2 Å². The maximum absolute atomic E-state index is 12.5. The molecule has 4 rings (SSSR count). The molecule has 5 heteroatoms. The Morgan fingerprint density at radius 1 is 1.22 bits per heavy atom. The zero-order valence-electron chi connectivity index (χ0n) is 13.9. The van der Waals surface area contributed by atoms with Crippen molar-refractivity contribution in [2.75, 3.05) is 20.2 Å². The molecule has 23 heavy (non-hydrogen) atoms. The number of piperidine rings is 1. The fourth-order valence-electron chi connectivity index (χ4n) is 4.44. The van der Waals surface area contributed by atoms with Crippen molar-refractivity contribution < 1.29 is 13.2 Å². The van der Waals surface area contributed by atoms with Crippen molar-refractivity contribution in [3.8, 4) is 0 Å².